The van der Waals surface area contributed by atoms with Crippen LogP contribution in [-0.4, -0.2) is 54.1 Å². The predicted octanol–water partition coefficient (Wildman–Crippen LogP) is 4.48. The summed E-state index contributed by atoms with van der Waals surface area (Å²) in [6.45, 7) is 7.77. The number of hydrogen-bond acceptors (Lipinski definition) is 3. The van der Waals surface area contributed by atoms with Crippen LogP contribution in [0.15, 0.2) is 24.3 Å². The van der Waals surface area contributed by atoms with Gasteiger partial charge in [0.2, 0.25) is 5.91 Å². The van der Waals surface area contributed by atoms with Gasteiger partial charge >= 0.3 is 6.09 Å². The SMILES string of the molecule is CN(CC1CCN(C(=O)C2(c3cccc(Cl)c3)CC2)CC1)C(=O)OC(C)(C)C. The Balaban J connectivity index is 1.53. The van der Waals surface area contributed by atoms with Crippen molar-refractivity contribution in [2.75, 3.05) is 26.7 Å². The summed E-state index contributed by atoms with van der Waals surface area (Å²) in [6, 6.07) is 7.70. The minimum absolute atomic E-state index is 0.230. The van der Waals surface area contributed by atoms with E-state index in [2.05, 4.69) is 0 Å². The summed E-state index contributed by atoms with van der Waals surface area (Å²) in [5, 5.41) is 0.681. The van der Waals surface area contributed by atoms with Crippen LogP contribution in [0.25, 0.3) is 0 Å². The first-order valence-corrected chi connectivity index (χ1v) is 10.5. The fourth-order valence-electron chi connectivity index (χ4n) is 3.96. The average Bonchev–Trinajstić information content (AvgIpc) is 3.42. The van der Waals surface area contributed by atoms with Crippen molar-refractivity contribution in [3.05, 3.63) is 34.9 Å². The number of rotatable bonds is 4. The van der Waals surface area contributed by atoms with E-state index in [1.807, 2.05) is 49.9 Å². The third kappa shape index (κ3) is 4.80. The fraction of sp³-hybridized carbons (Fsp3) is 0.636. The Bertz CT molecular complexity index is 732. The Morgan fingerprint density at radius 2 is 1.89 bits per heavy atom. The molecule has 154 valence electrons. The number of halogens is 1. The monoisotopic (exact) mass is 406 g/mol. The number of ether oxygens (including phenoxy) is 1. The standard InChI is InChI=1S/C22H31ClN2O3/c1-21(2,3)28-20(27)24(4)15-16-8-12-25(13-9-16)19(26)22(10-11-22)17-6-5-7-18(23)14-17/h5-7,14,16H,8-13,15H2,1-4H3. The summed E-state index contributed by atoms with van der Waals surface area (Å²) in [6.07, 6.45) is 3.32. The molecule has 1 aromatic rings. The fourth-order valence-corrected chi connectivity index (χ4v) is 4.15. The number of benzene rings is 1. The van der Waals surface area contributed by atoms with E-state index in [0.717, 1.165) is 44.3 Å². The van der Waals surface area contributed by atoms with Crippen molar-refractivity contribution in [2.24, 2.45) is 5.92 Å². The summed E-state index contributed by atoms with van der Waals surface area (Å²) in [5.74, 6) is 0.622. The number of nitrogens with zero attached hydrogens (tertiary/aromatic N) is 2. The maximum Gasteiger partial charge on any atom is 0.410 e. The van der Waals surface area contributed by atoms with Crippen LogP contribution in [-0.2, 0) is 14.9 Å². The van der Waals surface area contributed by atoms with Crippen LogP contribution in [0, 0.1) is 5.92 Å². The summed E-state index contributed by atoms with van der Waals surface area (Å²) >= 11 is 6.13. The van der Waals surface area contributed by atoms with Crippen molar-refractivity contribution in [1.82, 2.24) is 9.80 Å². The zero-order valence-corrected chi connectivity index (χ0v) is 18.1. The van der Waals surface area contributed by atoms with Gasteiger partial charge in [-0.15, -0.1) is 0 Å². The zero-order chi connectivity index (χ0) is 20.5. The Labute approximate surface area is 173 Å². The molecule has 0 radical (unpaired) electrons. The van der Waals surface area contributed by atoms with Crippen molar-refractivity contribution >= 4 is 23.6 Å². The Morgan fingerprint density at radius 3 is 2.43 bits per heavy atom. The number of carbonyl (C=O) groups is 2. The van der Waals surface area contributed by atoms with E-state index >= 15 is 0 Å². The lowest BCUT2D eigenvalue weighted by Gasteiger charge is -2.36. The van der Waals surface area contributed by atoms with Crippen molar-refractivity contribution in [1.29, 1.82) is 0 Å². The lowest BCUT2D eigenvalue weighted by Crippen LogP contribution is -2.46. The van der Waals surface area contributed by atoms with Crippen molar-refractivity contribution in [2.45, 2.75) is 57.5 Å². The maximum atomic E-state index is 13.2. The van der Waals surface area contributed by atoms with Gasteiger partial charge < -0.3 is 14.5 Å². The normalized spacial score (nSPS) is 19.2. The first-order chi connectivity index (χ1) is 13.1. The van der Waals surface area contributed by atoms with Gasteiger partial charge in [0.1, 0.15) is 5.60 Å². The van der Waals surface area contributed by atoms with Crippen LogP contribution in [0.4, 0.5) is 4.79 Å². The van der Waals surface area contributed by atoms with Crippen LogP contribution in [0.5, 0.6) is 0 Å². The molecule has 1 saturated heterocycles. The molecule has 1 aliphatic carbocycles. The van der Waals surface area contributed by atoms with Gasteiger partial charge in [0, 0.05) is 31.7 Å². The number of piperidine rings is 1. The van der Waals surface area contributed by atoms with Crippen LogP contribution in [0.1, 0.15) is 52.0 Å². The van der Waals surface area contributed by atoms with Gasteiger partial charge in [-0.2, -0.15) is 0 Å². The van der Waals surface area contributed by atoms with Crippen LogP contribution in [0.3, 0.4) is 0 Å². The highest BCUT2D eigenvalue weighted by Gasteiger charge is 2.53. The number of hydrogen-bond donors (Lipinski definition) is 0. The first kappa shape index (κ1) is 21.0. The largest absolute Gasteiger partial charge is 0.444 e. The lowest BCUT2D eigenvalue weighted by molar-refractivity contribution is -0.135. The molecule has 6 heteroatoms. The summed E-state index contributed by atoms with van der Waals surface area (Å²) in [4.78, 5) is 29.0. The van der Waals surface area contributed by atoms with E-state index in [9.17, 15) is 9.59 Å². The third-order valence-corrected chi connectivity index (χ3v) is 5.91. The van der Waals surface area contributed by atoms with Crippen LogP contribution in [0.2, 0.25) is 5.02 Å². The van der Waals surface area contributed by atoms with Gasteiger partial charge in [-0.05, 0) is 70.1 Å². The van der Waals surface area contributed by atoms with Gasteiger partial charge in [0.05, 0.1) is 5.41 Å². The van der Waals surface area contributed by atoms with E-state index in [0.29, 0.717) is 17.5 Å². The highest BCUT2D eigenvalue weighted by Crippen LogP contribution is 2.50. The Kier molecular flexibility index (Phi) is 5.95. The molecule has 2 fully saturated rings. The minimum atomic E-state index is -0.486. The first-order valence-electron chi connectivity index (χ1n) is 10.1. The molecule has 1 aliphatic heterocycles. The van der Waals surface area contributed by atoms with Crippen molar-refractivity contribution in [3.63, 3.8) is 0 Å². The third-order valence-electron chi connectivity index (χ3n) is 5.68. The quantitative estimate of drug-likeness (QED) is 0.740. The molecule has 2 amide bonds. The highest BCUT2D eigenvalue weighted by atomic mass is 35.5. The molecule has 2 aliphatic rings. The molecule has 1 aromatic carbocycles. The second kappa shape index (κ2) is 7.94. The molecule has 0 N–H and O–H groups in total. The minimum Gasteiger partial charge on any atom is -0.444 e. The summed E-state index contributed by atoms with van der Waals surface area (Å²) in [7, 11) is 1.78. The van der Waals surface area contributed by atoms with Gasteiger partial charge in [-0.1, -0.05) is 23.7 Å². The second-order valence-corrected chi connectivity index (χ2v) is 9.63. The van der Waals surface area contributed by atoms with Gasteiger partial charge in [-0.25, -0.2) is 4.79 Å². The molecular formula is C22H31ClN2O3. The molecular weight excluding hydrogens is 376 g/mol. The van der Waals surface area contributed by atoms with Crippen molar-refractivity contribution < 1.29 is 14.3 Å². The van der Waals surface area contributed by atoms with E-state index in [1.54, 1.807) is 11.9 Å². The topological polar surface area (TPSA) is 49.9 Å². The number of amides is 2. The van der Waals surface area contributed by atoms with Gasteiger partial charge in [-0.3, -0.25) is 4.79 Å². The molecule has 0 atom stereocenters. The number of likely N-dealkylation sites (tertiary alicyclic amines) is 1. The zero-order valence-electron chi connectivity index (χ0n) is 17.3. The molecule has 0 aromatic heterocycles. The maximum absolute atomic E-state index is 13.2. The van der Waals surface area contributed by atoms with E-state index in [-0.39, 0.29) is 17.4 Å². The van der Waals surface area contributed by atoms with E-state index < -0.39 is 5.60 Å². The summed E-state index contributed by atoms with van der Waals surface area (Å²) < 4.78 is 5.42. The molecule has 28 heavy (non-hydrogen) atoms. The molecule has 0 bridgehead atoms. The predicted molar refractivity (Wildman–Crippen MR) is 111 cm³/mol. The molecule has 1 saturated carbocycles. The van der Waals surface area contributed by atoms with Crippen LogP contribution < -0.4 is 0 Å². The van der Waals surface area contributed by atoms with E-state index in [4.69, 9.17) is 16.3 Å². The second-order valence-electron chi connectivity index (χ2n) is 9.19. The smallest absolute Gasteiger partial charge is 0.410 e. The van der Waals surface area contributed by atoms with Crippen molar-refractivity contribution in [3.8, 4) is 0 Å². The Hall–Kier alpha value is -1.75. The van der Waals surface area contributed by atoms with Crippen LogP contribution >= 0.6 is 11.6 Å². The van der Waals surface area contributed by atoms with E-state index in [1.165, 1.54) is 0 Å². The molecule has 5 nitrogen and oxygen atoms in total. The lowest BCUT2D eigenvalue weighted by atomic mass is 9.91. The summed E-state index contributed by atoms with van der Waals surface area (Å²) in [5.41, 5.74) is 0.183. The molecule has 0 unspecified atom stereocenters. The average molecular weight is 407 g/mol. The van der Waals surface area contributed by atoms with Gasteiger partial charge in [0.25, 0.3) is 0 Å². The highest BCUT2D eigenvalue weighted by molar-refractivity contribution is 6.30. The molecule has 3 rings (SSSR count). The van der Waals surface area contributed by atoms with Gasteiger partial charge in [0.15, 0.2) is 0 Å². The number of carbonyl (C=O) groups excluding carboxylic acids is 2. The Morgan fingerprint density at radius 1 is 1.25 bits per heavy atom. The molecule has 1 heterocycles. The molecule has 0 spiro atoms.